The molecule has 0 fully saturated rings. The normalized spacial score (nSPS) is 10.4. The predicted octanol–water partition coefficient (Wildman–Crippen LogP) is 3.87. The van der Waals surface area contributed by atoms with Gasteiger partial charge in [-0.05, 0) is 6.42 Å². The molecule has 0 aliphatic rings. The summed E-state index contributed by atoms with van der Waals surface area (Å²) in [7, 11) is 0. The van der Waals surface area contributed by atoms with Crippen molar-refractivity contribution >= 4 is 5.91 Å². The first kappa shape index (κ1) is 15.5. The number of carbonyl (C=O) groups is 1. The molecule has 0 aliphatic carbocycles. The summed E-state index contributed by atoms with van der Waals surface area (Å²) in [6.45, 7) is 6.13. The molecule has 0 unspecified atom stereocenters. The van der Waals surface area contributed by atoms with E-state index in [0.29, 0.717) is 6.54 Å². The van der Waals surface area contributed by atoms with E-state index in [0.717, 1.165) is 6.42 Å². The lowest BCUT2D eigenvalue weighted by molar-refractivity contribution is -0.117. The van der Waals surface area contributed by atoms with E-state index < -0.39 is 0 Å². The minimum atomic E-state index is -0.282. The Labute approximate surface area is 101 Å². The van der Waals surface area contributed by atoms with Gasteiger partial charge in [0.05, 0.1) is 0 Å². The summed E-state index contributed by atoms with van der Waals surface area (Å²) in [6.07, 6.45) is 13.1. The summed E-state index contributed by atoms with van der Waals surface area (Å²) in [5.41, 5.74) is 0. The van der Waals surface area contributed by atoms with Crippen LogP contribution >= 0.6 is 0 Å². The maximum atomic E-state index is 10.4. The molecular weight excluding hydrogens is 198 g/mol. The van der Waals surface area contributed by atoms with Gasteiger partial charge in [-0.15, -0.1) is 0 Å². The Balaban J connectivity index is 2.90. The fraction of sp³-hybridized carbons (Fsp3) is 0.857. The first-order valence-corrected chi connectivity index (χ1v) is 6.80. The summed E-state index contributed by atoms with van der Waals surface area (Å²) in [6, 6.07) is 0. The minimum absolute atomic E-state index is 0.282. The third kappa shape index (κ3) is 13.5. The molecule has 0 rings (SSSR count). The lowest BCUT2D eigenvalue weighted by Crippen LogP contribution is -2.12. The Kier molecular flexibility index (Phi) is 12.1. The Morgan fingerprint density at radius 2 is 1.31 bits per heavy atom. The second-order valence-corrected chi connectivity index (χ2v) is 4.46. The SMILES string of the molecule is [CH2]C(=O)[N]CCCCCCCCCCCC. The zero-order valence-corrected chi connectivity index (χ0v) is 10.8. The second kappa shape index (κ2) is 12.5. The third-order valence-electron chi connectivity index (χ3n) is 2.80. The minimum Gasteiger partial charge on any atom is -0.273 e. The molecule has 16 heavy (non-hydrogen) atoms. The Morgan fingerprint density at radius 3 is 1.75 bits per heavy atom. The topological polar surface area (TPSA) is 31.2 Å². The van der Waals surface area contributed by atoms with Gasteiger partial charge in [-0.2, -0.15) is 0 Å². The van der Waals surface area contributed by atoms with Crippen molar-refractivity contribution in [3.05, 3.63) is 6.92 Å². The zero-order chi connectivity index (χ0) is 12.1. The number of unbranched alkanes of at least 4 members (excludes halogenated alkanes) is 9. The molecule has 0 aromatic heterocycles. The monoisotopic (exact) mass is 225 g/mol. The maximum Gasteiger partial charge on any atom is 0.241 e. The average Bonchev–Trinajstić information content (AvgIpc) is 2.25. The molecule has 0 saturated carbocycles. The highest BCUT2D eigenvalue weighted by Crippen LogP contribution is 2.10. The van der Waals surface area contributed by atoms with E-state index in [2.05, 4.69) is 19.2 Å². The maximum absolute atomic E-state index is 10.4. The molecule has 0 heterocycles. The van der Waals surface area contributed by atoms with E-state index in [1.165, 1.54) is 57.8 Å². The Morgan fingerprint density at radius 1 is 0.875 bits per heavy atom. The summed E-state index contributed by atoms with van der Waals surface area (Å²) in [5, 5.41) is 3.74. The van der Waals surface area contributed by atoms with Gasteiger partial charge in [0, 0.05) is 13.5 Å². The van der Waals surface area contributed by atoms with Crippen LogP contribution in [0.4, 0.5) is 0 Å². The van der Waals surface area contributed by atoms with Crippen LogP contribution in [0.5, 0.6) is 0 Å². The molecule has 0 spiro atoms. The second-order valence-electron chi connectivity index (χ2n) is 4.46. The fourth-order valence-corrected chi connectivity index (χ4v) is 1.80. The van der Waals surface area contributed by atoms with Crippen LogP contribution in [0.2, 0.25) is 0 Å². The van der Waals surface area contributed by atoms with Gasteiger partial charge in [-0.3, -0.25) is 10.1 Å². The molecule has 0 N–H and O–H groups in total. The summed E-state index contributed by atoms with van der Waals surface area (Å²) < 4.78 is 0. The van der Waals surface area contributed by atoms with Crippen LogP contribution in [0.25, 0.3) is 0 Å². The van der Waals surface area contributed by atoms with Crippen molar-refractivity contribution in [3.8, 4) is 0 Å². The van der Waals surface area contributed by atoms with Crippen molar-refractivity contribution in [2.45, 2.75) is 71.1 Å². The average molecular weight is 225 g/mol. The number of hydrogen-bond acceptors (Lipinski definition) is 1. The molecule has 2 radical (unpaired) electrons. The van der Waals surface area contributed by atoms with Crippen LogP contribution in [0.1, 0.15) is 71.1 Å². The van der Waals surface area contributed by atoms with E-state index in [1.54, 1.807) is 0 Å². The summed E-state index contributed by atoms with van der Waals surface area (Å²) >= 11 is 0. The van der Waals surface area contributed by atoms with E-state index >= 15 is 0 Å². The van der Waals surface area contributed by atoms with Gasteiger partial charge in [0.1, 0.15) is 0 Å². The standard InChI is InChI=1S/C14H27NO/c1-3-4-5-6-7-8-9-10-11-12-13-15-14(2)16/h2-13H2,1H3. The molecule has 0 aliphatic heterocycles. The fourth-order valence-electron chi connectivity index (χ4n) is 1.80. The van der Waals surface area contributed by atoms with Crippen LogP contribution < -0.4 is 5.32 Å². The number of hydrogen-bond donors (Lipinski definition) is 0. The van der Waals surface area contributed by atoms with Gasteiger partial charge in [-0.1, -0.05) is 64.7 Å². The quantitative estimate of drug-likeness (QED) is 0.491. The van der Waals surface area contributed by atoms with E-state index in [4.69, 9.17) is 0 Å². The largest absolute Gasteiger partial charge is 0.273 e. The number of carbonyl (C=O) groups excluding carboxylic acids is 1. The first-order valence-electron chi connectivity index (χ1n) is 6.80. The highest BCUT2D eigenvalue weighted by Gasteiger charge is 1.94. The molecule has 0 atom stereocenters. The zero-order valence-electron chi connectivity index (χ0n) is 10.8. The molecule has 94 valence electrons. The van der Waals surface area contributed by atoms with Gasteiger partial charge in [-0.25, -0.2) is 0 Å². The highest BCUT2D eigenvalue weighted by atomic mass is 16.1. The molecule has 0 saturated heterocycles. The number of nitrogens with zero attached hydrogens (tertiary/aromatic N) is 1. The molecule has 0 aromatic carbocycles. The van der Waals surface area contributed by atoms with Crippen LogP contribution in [-0.4, -0.2) is 12.5 Å². The van der Waals surface area contributed by atoms with Crippen LogP contribution in [0, 0.1) is 6.92 Å². The molecule has 0 aromatic rings. The van der Waals surface area contributed by atoms with Gasteiger partial charge < -0.3 is 0 Å². The van der Waals surface area contributed by atoms with Crippen molar-refractivity contribution in [2.75, 3.05) is 6.54 Å². The molecular formula is C14H27NO. The first-order chi connectivity index (χ1) is 7.77. The van der Waals surface area contributed by atoms with E-state index in [9.17, 15) is 4.79 Å². The molecule has 2 nitrogen and oxygen atoms in total. The molecule has 0 bridgehead atoms. The van der Waals surface area contributed by atoms with Crippen molar-refractivity contribution in [2.24, 2.45) is 0 Å². The third-order valence-corrected chi connectivity index (χ3v) is 2.80. The summed E-state index contributed by atoms with van der Waals surface area (Å²) in [4.78, 5) is 10.4. The van der Waals surface area contributed by atoms with Gasteiger partial charge in [0.25, 0.3) is 0 Å². The Hall–Kier alpha value is -0.530. The molecule has 1 amide bonds. The van der Waals surface area contributed by atoms with Crippen molar-refractivity contribution in [3.63, 3.8) is 0 Å². The lowest BCUT2D eigenvalue weighted by Gasteiger charge is -2.01. The van der Waals surface area contributed by atoms with Crippen LogP contribution in [0.3, 0.4) is 0 Å². The van der Waals surface area contributed by atoms with Crippen molar-refractivity contribution in [1.29, 1.82) is 0 Å². The Bertz CT molecular complexity index is 157. The predicted molar refractivity (Wildman–Crippen MR) is 69.2 cm³/mol. The number of amides is 1. The van der Waals surface area contributed by atoms with Gasteiger partial charge in [0.15, 0.2) is 0 Å². The smallest absolute Gasteiger partial charge is 0.241 e. The summed E-state index contributed by atoms with van der Waals surface area (Å²) in [5.74, 6) is -0.282. The van der Waals surface area contributed by atoms with E-state index in [1.807, 2.05) is 0 Å². The molecule has 2 heteroatoms. The van der Waals surface area contributed by atoms with Crippen molar-refractivity contribution < 1.29 is 4.79 Å². The van der Waals surface area contributed by atoms with E-state index in [-0.39, 0.29) is 5.91 Å². The van der Waals surface area contributed by atoms with Gasteiger partial charge in [0.2, 0.25) is 5.91 Å². The van der Waals surface area contributed by atoms with Gasteiger partial charge >= 0.3 is 0 Å². The van der Waals surface area contributed by atoms with Crippen molar-refractivity contribution in [1.82, 2.24) is 5.32 Å². The number of rotatable bonds is 11. The van der Waals surface area contributed by atoms with Crippen LogP contribution in [-0.2, 0) is 4.79 Å². The lowest BCUT2D eigenvalue weighted by atomic mass is 10.1. The van der Waals surface area contributed by atoms with Crippen LogP contribution in [0.15, 0.2) is 0 Å². The highest BCUT2D eigenvalue weighted by molar-refractivity contribution is 5.79.